The SMILES string of the molecule is Cc1nn(-c2ccc(F)cc2)c(C)c1C(=O)NCc1csc(-c2ccccc2)n1. The third-order valence-electron chi connectivity index (χ3n) is 4.59. The van der Waals surface area contributed by atoms with Crippen molar-refractivity contribution in [2.75, 3.05) is 0 Å². The predicted octanol–water partition coefficient (Wildman–Crippen LogP) is 4.68. The quantitative estimate of drug-likeness (QED) is 0.523. The normalized spacial score (nSPS) is 10.9. The molecule has 1 amide bonds. The summed E-state index contributed by atoms with van der Waals surface area (Å²) in [5.74, 6) is -0.519. The molecule has 0 atom stereocenters. The van der Waals surface area contributed by atoms with Crippen molar-refractivity contribution in [3.63, 3.8) is 0 Å². The zero-order chi connectivity index (χ0) is 20.4. The minimum absolute atomic E-state index is 0.206. The lowest BCUT2D eigenvalue weighted by Crippen LogP contribution is -2.24. The number of hydrogen-bond donors (Lipinski definition) is 1. The first-order valence-electron chi connectivity index (χ1n) is 9.13. The van der Waals surface area contributed by atoms with Crippen molar-refractivity contribution in [3.8, 4) is 16.3 Å². The predicted molar refractivity (Wildman–Crippen MR) is 112 cm³/mol. The molecule has 0 aliphatic carbocycles. The van der Waals surface area contributed by atoms with Crippen molar-refractivity contribution < 1.29 is 9.18 Å². The number of aromatic nitrogens is 3. The van der Waals surface area contributed by atoms with E-state index >= 15 is 0 Å². The number of hydrogen-bond acceptors (Lipinski definition) is 4. The van der Waals surface area contributed by atoms with Gasteiger partial charge in [0.15, 0.2) is 0 Å². The topological polar surface area (TPSA) is 59.8 Å². The van der Waals surface area contributed by atoms with Gasteiger partial charge >= 0.3 is 0 Å². The van der Waals surface area contributed by atoms with Crippen LogP contribution in [0.1, 0.15) is 27.4 Å². The monoisotopic (exact) mass is 406 g/mol. The summed E-state index contributed by atoms with van der Waals surface area (Å²) in [5.41, 5.74) is 4.42. The molecule has 0 bridgehead atoms. The Balaban J connectivity index is 1.49. The average molecular weight is 406 g/mol. The standard InChI is InChI=1S/C22H19FN4OS/c1-14-20(15(2)27(26-14)19-10-8-17(23)9-11-19)21(28)24-12-18-13-29-22(25-18)16-6-4-3-5-7-16/h3-11,13H,12H2,1-2H3,(H,24,28). The van der Waals surface area contributed by atoms with Gasteiger partial charge < -0.3 is 5.32 Å². The molecule has 1 N–H and O–H groups in total. The maximum absolute atomic E-state index is 13.2. The van der Waals surface area contributed by atoms with Crippen molar-refractivity contribution in [1.82, 2.24) is 20.1 Å². The average Bonchev–Trinajstić information content (AvgIpc) is 3.32. The summed E-state index contributed by atoms with van der Waals surface area (Å²) in [6.45, 7) is 3.95. The molecule has 2 aromatic carbocycles. The summed E-state index contributed by atoms with van der Waals surface area (Å²) in [5, 5.41) is 10.2. The first-order chi connectivity index (χ1) is 14.0. The highest BCUT2D eigenvalue weighted by Gasteiger charge is 2.19. The highest BCUT2D eigenvalue weighted by Crippen LogP contribution is 2.23. The number of carbonyl (C=O) groups is 1. The molecule has 5 nitrogen and oxygen atoms in total. The zero-order valence-electron chi connectivity index (χ0n) is 16.0. The van der Waals surface area contributed by atoms with Crippen molar-refractivity contribution in [1.29, 1.82) is 0 Å². The molecule has 7 heteroatoms. The van der Waals surface area contributed by atoms with E-state index in [0.29, 0.717) is 29.2 Å². The fourth-order valence-corrected chi connectivity index (χ4v) is 3.99. The first kappa shape index (κ1) is 19.0. The van der Waals surface area contributed by atoms with Gasteiger partial charge in [-0.2, -0.15) is 5.10 Å². The smallest absolute Gasteiger partial charge is 0.255 e. The van der Waals surface area contributed by atoms with Gasteiger partial charge in [-0.05, 0) is 38.1 Å². The van der Waals surface area contributed by atoms with E-state index < -0.39 is 0 Å². The molecule has 29 heavy (non-hydrogen) atoms. The van der Waals surface area contributed by atoms with Gasteiger partial charge in [0.25, 0.3) is 5.91 Å². The van der Waals surface area contributed by atoms with Crippen LogP contribution in [-0.4, -0.2) is 20.7 Å². The van der Waals surface area contributed by atoms with Crippen LogP contribution in [0.2, 0.25) is 0 Å². The molecule has 0 unspecified atom stereocenters. The molecular formula is C22H19FN4OS. The van der Waals surface area contributed by atoms with E-state index in [9.17, 15) is 9.18 Å². The Kier molecular flexibility index (Phi) is 5.22. The summed E-state index contributed by atoms with van der Waals surface area (Å²) in [4.78, 5) is 17.4. The van der Waals surface area contributed by atoms with Crippen molar-refractivity contribution in [2.45, 2.75) is 20.4 Å². The molecule has 0 saturated heterocycles. The number of aryl methyl sites for hydroxylation is 1. The maximum atomic E-state index is 13.2. The van der Waals surface area contributed by atoms with Crippen molar-refractivity contribution in [3.05, 3.63) is 88.4 Å². The third-order valence-corrected chi connectivity index (χ3v) is 5.53. The molecule has 2 aromatic heterocycles. The number of halogens is 1. The second-order valence-electron chi connectivity index (χ2n) is 6.63. The summed E-state index contributed by atoms with van der Waals surface area (Å²) in [7, 11) is 0. The largest absolute Gasteiger partial charge is 0.346 e. The number of benzene rings is 2. The van der Waals surface area contributed by atoms with Crippen LogP contribution in [0.25, 0.3) is 16.3 Å². The van der Waals surface area contributed by atoms with Crippen LogP contribution in [-0.2, 0) is 6.54 Å². The number of carbonyl (C=O) groups excluding carboxylic acids is 1. The van der Waals surface area contributed by atoms with Crippen LogP contribution < -0.4 is 5.32 Å². The van der Waals surface area contributed by atoms with E-state index in [2.05, 4.69) is 15.4 Å². The molecular weight excluding hydrogens is 387 g/mol. The van der Waals surface area contributed by atoms with Gasteiger partial charge in [-0.1, -0.05) is 30.3 Å². The number of thiazole rings is 1. The lowest BCUT2D eigenvalue weighted by Gasteiger charge is -2.06. The lowest BCUT2D eigenvalue weighted by atomic mass is 10.2. The molecule has 0 fully saturated rings. The van der Waals surface area contributed by atoms with Gasteiger partial charge in [0.05, 0.1) is 34.9 Å². The van der Waals surface area contributed by atoms with Crippen LogP contribution in [0.5, 0.6) is 0 Å². The lowest BCUT2D eigenvalue weighted by molar-refractivity contribution is 0.0949. The Hall–Kier alpha value is -3.32. The molecule has 0 radical (unpaired) electrons. The fourth-order valence-electron chi connectivity index (χ4n) is 3.17. The number of nitrogens with one attached hydrogen (secondary N) is 1. The molecule has 0 aliphatic rings. The van der Waals surface area contributed by atoms with Crippen LogP contribution in [0, 0.1) is 19.7 Å². The highest BCUT2D eigenvalue weighted by molar-refractivity contribution is 7.13. The van der Waals surface area contributed by atoms with Crippen molar-refractivity contribution >= 4 is 17.2 Å². The summed E-state index contributed by atoms with van der Waals surface area (Å²) < 4.78 is 14.8. The van der Waals surface area contributed by atoms with E-state index in [1.54, 1.807) is 35.1 Å². The number of amides is 1. The Bertz CT molecular complexity index is 1150. The maximum Gasteiger partial charge on any atom is 0.255 e. The second kappa shape index (κ2) is 7.97. The van der Waals surface area contributed by atoms with Crippen LogP contribution in [0.4, 0.5) is 4.39 Å². The Morgan fingerprint density at radius 2 is 1.83 bits per heavy atom. The Morgan fingerprint density at radius 3 is 2.55 bits per heavy atom. The fraction of sp³-hybridized carbons (Fsp3) is 0.136. The first-order valence-corrected chi connectivity index (χ1v) is 10.0. The van der Waals surface area contributed by atoms with E-state index in [4.69, 9.17) is 0 Å². The molecule has 0 aliphatic heterocycles. The highest BCUT2D eigenvalue weighted by atomic mass is 32.1. The summed E-state index contributed by atoms with van der Waals surface area (Å²) in [6.07, 6.45) is 0. The minimum atomic E-state index is -0.314. The van der Waals surface area contributed by atoms with Gasteiger partial charge in [0.2, 0.25) is 0 Å². The summed E-state index contributed by atoms with van der Waals surface area (Å²) in [6, 6.07) is 16.0. The van der Waals surface area contributed by atoms with Gasteiger partial charge in [-0.15, -0.1) is 11.3 Å². The molecule has 0 spiro atoms. The van der Waals surface area contributed by atoms with Crippen LogP contribution in [0.3, 0.4) is 0 Å². The molecule has 146 valence electrons. The molecule has 4 aromatic rings. The van der Waals surface area contributed by atoms with Gasteiger partial charge in [-0.3, -0.25) is 4.79 Å². The molecule has 0 saturated carbocycles. The number of rotatable bonds is 5. The van der Waals surface area contributed by atoms with Crippen LogP contribution >= 0.6 is 11.3 Å². The Morgan fingerprint density at radius 1 is 1.10 bits per heavy atom. The zero-order valence-corrected chi connectivity index (χ0v) is 16.8. The van der Waals surface area contributed by atoms with Gasteiger partial charge in [-0.25, -0.2) is 14.1 Å². The number of nitrogens with zero attached hydrogens (tertiary/aromatic N) is 3. The van der Waals surface area contributed by atoms with E-state index in [0.717, 1.165) is 16.3 Å². The Labute approximate surface area is 171 Å². The molecule has 4 rings (SSSR count). The van der Waals surface area contributed by atoms with E-state index in [1.165, 1.54) is 12.1 Å². The van der Waals surface area contributed by atoms with E-state index in [-0.39, 0.29) is 11.7 Å². The third kappa shape index (κ3) is 3.95. The summed E-state index contributed by atoms with van der Waals surface area (Å²) >= 11 is 1.55. The second-order valence-corrected chi connectivity index (χ2v) is 7.48. The molecule has 2 heterocycles. The van der Waals surface area contributed by atoms with Crippen LogP contribution in [0.15, 0.2) is 60.0 Å². The van der Waals surface area contributed by atoms with Crippen molar-refractivity contribution in [2.24, 2.45) is 0 Å². The minimum Gasteiger partial charge on any atom is -0.346 e. The van der Waals surface area contributed by atoms with Gasteiger partial charge in [0, 0.05) is 10.9 Å². The van der Waals surface area contributed by atoms with Gasteiger partial charge in [0.1, 0.15) is 10.8 Å². The van der Waals surface area contributed by atoms with E-state index in [1.807, 2.05) is 42.6 Å².